The van der Waals surface area contributed by atoms with Gasteiger partial charge in [0.05, 0.1) is 0 Å². The highest BCUT2D eigenvalue weighted by Gasteiger charge is 2.14. The van der Waals surface area contributed by atoms with E-state index in [1.54, 1.807) is 24.3 Å². The lowest BCUT2D eigenvalue weighted by Gasteiger charge is -2.19. The second-order valence-corrected chi connectivity index (χ2v) is 8.35. The molecule has 0 aromatic heterocycles. The third-order valence-electron chi connectivity index (χ3n) is 3.74. The number of hydrogen-bond donors (Lipinski definition) is 3. The van der Waals surface area contributed by atoms with Crippen LogP contribution in [0.1, 0.15) is 36.7 Å². The van der Waals surface area contributed by atoms with Crippen LogP contribution in [0.2, 0.25) is 0 Å². The van der Waals surface area contributed by atoms with Gasteiger partial charge >= 0.3 is 0 Å². The molecule has 28 heavy (non-hydrogen) atoms. The highest BCUT2D eigenvalue weighted by atomic mass is 79.9. The van der Waals surface area contributed by atoms with Crippen LogP contribution in [0.15, 0.2) is 53.0 Å². The molecular weight excluding hydrogens is 442 g/mol. The molecule has 0 saturated heterocycles. The van der Waals surface area contributed by atoms with Crippen LogP contribution >= 0.6 is 28.1 Å². The van der Waals surface area contributed by atoms with E-state index in [-0.39, 0.29) is 23.0 Å². The van der Waals surface area contributed by atoms with Crippen molar-refractivity contribution < 1.29 is 14.3 Å². The Morgan fingerprint density at radius 2 is 1.61 bits per heavy atom. The van der Waals surface area contributed by atoms with E-state index in [0.717, 1.165) is 10.0 Å². The van der Waals surface area contributed by atoms with Gasteiger partial charge in [0.2, 0.25) is 0 Å². The van der Waals surface area contributed by atoms with Gasteiger partial charge in [0.15, 0.2) is 11.7 Å². The van der Waals surface area contributed by atoms with Gasteiger partial charge in [0.25, 0.3) is 11.8 Å². The van der Waals surface area contributed by atoms with Crippen molar-refractivity contribution in [2.24, 2.45) is 0 Å². The molecule has 8 heteroatoms. The topological polar surface area (TPSA) is 79.5 Å². The van der Waals surface area contributed by atoms with Crippen LogP contribution < -0.4 is 20.9 Å². The molecule has 0 aliphatic carbocycles. The molecule has 2 rings (SSSR count). The highest BCUT2D eigenvalue weighted by Crippen LogP contribution is 2.22. The van der Waals surface area contributed by atoms with Crippen molar-refractivity contribution in [3.8, 4) is 5.75 Å². The fourth-order valence-corrected chi connectivity index (χ4v) is 2.61. The molecule has 6 nitrogen and oxygen atoms in total. The molecule has 0 aliphatic rings. The molecular formula is C20H22BrN3O3S. The quantitative estimate of drug-likeness (QED) is 0.477. The maximum atomic E-state index is 12.2. The lowest BCUT2D eigenvalue weighted by atomic mass is 9.87. The molecule has 0 radical (unpaired) electrons. The van der Waals surface area contributed by atoms with E-state index in [1.807, 2.05) is 24.3 Å². The average molecular weight is 464 g/mol. The van der Waals surface area contributed by atoms with Gasteiger partial charge in [-0.05, 0) is 59.6 Å². The summed E-state index contributed by atoms with van der Waals surface area (Å²) in [6.45, 7) is 6.10. The van der Waals surface area contributed by atoms with Crippen molar-refractivity contribution in [2.75, 3.05) is 6.61 Å². The fourth-order valence-electron chi connectivity index (χ4n) is 2.18. The second kappa shape index (κ2) is 9.66. The minimum Gasteiger partial charge on any atom is -0.484 e. The van der Waals surface area contributed by atoms with Crippen LogP contribution in [0, 0.1) is 0 Å². The number of ether oxygens (including phenoxy) is 1. The monoisotopic (exact) mass is 463 g/mol. The Bertz CT molecular complexity index is 846. The Morgan fingerprint density at radius 3 is 2.18 bits per heavy atom. The summed E-state index contributed by atoms with van der Waals surface area (Å²) in [6, 6.07) is 14.4. The first-order chi connectivity index (χ1) is 13.1. The number of halogens is 1. The van der Waals surface area contributed by atoms with Gasteiger partial charge in [0.1, 0.15) is 5.75 Å². The zero-order valence-corrected chi connectivity index (χ0v) is 18.2. The van der Waals surface area contributed by atoms with Crippen LogP contribution in [0.25, 0.3) is 0 Å². The number of hydrogen-bond acceptors (Lipinski definition) is 4. The first kappa shape index (κ1) is 21.8. The second-order valence-electron chi connectivity index (χ2n) is 7.03. The molecule has 148 valence electrons. The molecule has 2 aromatic carbocycles. The van der Waals surface area contributed by atoms with Crippen LogP contribution in [0.3, 0.4) is 0 Å². The van der Waals surface area contributed by atoms with E-state index in [1.165, 1.54) is 0 Å². The number of nitrogens with one attached hydrogen (secondary N) is 3. The van der Waals surface area contributed by atoms with Crippen molar-refractivity contribution in [3.05, 3.63) is 64.1 Å². The summed E-state index contributed by atoms with van der Waals surface area (Å²) in [5.74, 6) is -0.239. The number of benzene rings is 2. The lowest BCUT2D eigenvalue weighted by molar-refractivity contribution is -0.121. The van der Waals surface area contributed by atoms with Crippen molar-refractivity contribution in [2.45, 2.75) is 26.2 Å². The van der Waals surface area contributed by atoms with Gasteiger partial charge in [-0.2, -0.15) is 0 Å². The Balaban J connectivity index is 1.75. The van der Waals surface area contributed by atoms with E-state index in [9.17, 15) is 9.59 Å². The number of carbonyl (C=O) groups is 2. The van der Waals surface area contributed by atoms with E-state index >= 15 is 0 Å². The summed E-state index contributed by atoms with van der Waals surface area (Å²) >= 11 is 8.32. The molecule has 3 N–H and O–H groups in total. The van der Waals surface area contributed by atoms with Crippen molar-refractivity contribution in [3.63, 3.8) is 0 Å². The Morgan fingerprint density at radius 1 is 1.00 bits per heavy atom. The van der Waals surface area contributed by atoms with Gasteiger partial charge in [-0.3, -0.25) is 25.8 Å². The zero-order chi connectivity index (χ0) is 20.7. The minimum atomic E-state index is -0.441. The van der Waals surface area contributed by atoms with E-state index in [0.29, 0.717) is 11.3 Å². The molecule has 2 amide bonds. The Hall–Kier alpha value is -2.45. The van der Waals surface area contributed by atoms with E-state index in [4.69, 9.17) is 17.0 Å². The average Bonchev–Trinajstić information content (AvgIpc) is 2.65. The lowest BCUT2D eigenvalue weighted by Crippen LogP contribution is -2.49. The van der Waals surface area contributed by atoms with Gasteiger partial charge in [-0.25, -0.2) is 0 Å². The molecule has 0 heterocycles. The third kappa shape index (κ3) is 6.94. The van der Waals surface area contributed by atoms with Crippen LogP contribution in [-0.4, -0.2) is 23.5 Å². The highest BCUT2D eigenvalue weighted by molar-refractivity contribution is 9.10. The standard InChI is InChI=1S/C20H22BrN3O3S/c1-20(2,3)14-6-4-13(5-7-14)18(26)23-24-19(28)22-17(25)12-27-16-10-8-15(21)9-11-16/h4-11H,12H2,1-3H3,(H,23,26)(H2,22,24,25,28). The first-order valence-corrected chi connectivity index (χ1v) is 9.74. The van der Waals surface area contributed by atoms with E-state index in [2.05, 4.69) is 52.9 Å². The summed E-state index contributed by atoms with van der Waals surface area (Å²) < 4.78 is 6.26. The molecule has 0 bridgehead atoms. The minimum absolute atomic E-state index is 0.0113. The van der Waals surface area contributed by atoms with Crippen molar-refractivity contribution in [1.29, 1.82) is 0 Å². The van der Waals surface area contributed by atoms with Crippen molar-refractivity contribution in [1.82, 2.24) is 16.2 Å². The normalized spacial score (nSPS) is 10.7. The smallest absolute Gasteiger partial charge is 0.269 e. The van der Waals surface area contributed by atoms with Gasteiger partial charge < -0.3 is 4.74 Å². The maximum absolute atomic E-state index is 12.2. The third-order valence-corrected chi connectivity index (χ3v) is 4.47. The summed E-state index contributed by atoms with van der Waals surface area (Å²) in [7, 11) is 0. The van der Waals surface area contributed by atoms with Crippen LogP contribution in [0.5, 0.6) is 5.75 Å². The van der Waals surface area contributed by atoms with Gasteiger partial charge in [0, 0.05) is 10.0 Å². The summed E-state index contributed by atoms with van der Waals surface area (Å²) in [5.41, 5.74) is 6.57. The SMILES string of the molecule is CC(C)(C)c1ccc(C(=O)NNC(=S)NC(=O)COc2ccc(Br)cc2)cc1. The Labute approximate surface area is 178 Å². The number of carbonyl (C=O) groups excluding carboxylic acids is 2. The van der Waals surface area contributed by atoms with E-state index < -0.39 is 5.91 Å². The number of amides is 2. The predicted molar refractivity (Wildman–Crippen MR) is 116 cm³/mol. The van der Waals surface area contributed by atoms with Gasteiger partial charge in [-0.1, -0.05) is 48.8 Å². The molecule has 0 aliphatic heterocycles. The molecule has 0 unspecified atom stereocenters. The largest absolute Gasteiger partial charge is 0.484 e. The molecule has 0 fully saturated rings. The number of hydrazine groups is 1. The van der Waals surface area contributed by atoms with Crippen LogP contribution in [0.4, 0.5) is 0 Å². The van der Waals surface area contributed by atoms with Crippen molar-refractivity contribution >= 4 is 45.1 Å². The zero-order valence-electron chi connectivity index (χ0n) is 15.8. The Kier molecular flexibility index (Phi) is 7.53. The number of thiocarbonyl (C=S) groups is 1. The summed E-state index contributed by atoms with van der Waals surface area (Å²) in [6.07, 6.45) is 0. The number of rotatable bonds is 4. The molecule has 0 saturated carbocycles. The summed E-state index contributed by atoms with van der Waals surface area (Å²) in [4.78, 5) is 24.0. The van der Waals surface area contributed by atoms with Crippen LogP contribution in [-0.2, 0) is 10.2 Å². The maximum Gasteiger partial charge on any atom is 0.269 e. The summed E-state index contributed by atoms with van der Waals surface area (Å²) in [5, 5.41) is 2.41. The molecule has 2 aromatic rings. The molecule has 0 spiro atoms. The first-order valence-electron chi connectivity index (χ1n) is 8.54. The molecule has 0 atom stereocenters. The fraction of sp³-hybridized carbons (Fsp3) is 0.250. The predicted octanol–water partition coefficient (Wildman–Crippen LogP) is 3.46. The van der Waals surface area contributed by atoms with Gasteiger partial charge in [-0.15, -0.1) is 0 Å².